The van der Waals surface area contributed by atoms with Gasteiger partial charge in [-0.2, -0.15) is 0 Å². The molecule has 0 aromatic heterocycles. The van der Waals surface area contributed by atoms with Crippen molar-refractivity contribution in [2.24, 2.45) is 9.98 Å². The fourth-order valence-corrected chi connectivity index (χ4v) is 1.12. The number of carbonyl (C=O) groups is 2. The number of hydrogen-bond donors (Lipinski definition) is 0. The van der Waals surface area contributed by atoms with E-state index in [0.717, 1.165) is 12.8 Å². The molecule has 0 aromatic rings. The van der Waals surface area contributed by atoms with Crippen molar-refractivity contribution < 1.29 is 19.2 Å². The highest BCUT2D eigenvalue weighted by Gasteiger charge is 2.00. The summed E-state index contributed by atoms with van der Waals surface area (Å²) >= 11 is 0. The third-order valence-corrected chi connectivity index (χ3v) is 1.87. The maximum absolute atomic E-state index is 10.7. The van der Waals surface area contributed by atoms with Crippen molar-refractivity contribution >= 4 is 24.0 Å². The average Bonchev–Trinajstić information content (AvgIpc) is 2.24. The van der Waals surface area contributed by atoms with E-state index in [2.05, 4.69) is 9.98 Å². The fourth-order valence-electron chi connectivity index (χ4n) is 1.12. The fraction of sp³-hybridized carbons (Fsp3) is 0.600. The third kappa shape index (κ3) is 8.69. The molecule has 0 aliphatic carbocycles. The van der Waals surface area contributed by atoms with Gasteiger partial charge in [-0.25, -0.2) is 9.59 Å². The van der Waals surface area contributed by atoms with E-state index >= 15 is 0 Å². The molecular weight excluding hydrogens is 212 g/mol. The Kier molecular flexibility index (Phi) is 8.50. The van der Waals surface area contributed by atoms with E-state index in [9.17, 15) is 19.2 Å². The Morgan fingerprint density at radius 1 is 0.750 bits per heavy atom. The van der Waals surface area contributed by atoms with Crippen LogP contribution in [0.15, 0.2) is 9.98 Å². The summed E-state index contributed by atoms with van der Waals surface area (Å²) in [6.07, 6.45) is 5.56. The number of aliphatic imine (C=N–C) groups is 2. The van der Waals surface area contributed by atoms with Crippen LogP contribution in [0.25, 0.3) is 0 Å². The lowest BCUT2D eigenvalue weighted by molar-refractivity contribution is -0.118. The molecule has 0 aliphatic heterocycles. The molecule has 6 heteroatoms. The molecule has 0 saturated heterocycles. The predicted molar refractivity (Wildman–Crippen MR) is 54.0 cm³/mol. The predicted octanol–water partition coefficient (Wildman–Crippen LogP) is 1.05. The number of isocyanates is 2. The molecule has 0 unspecified atom stereocenters. The van der Waals surface area contributed by atoms with Gasteiger partial charge in [-0.1, -0.05) is 12.8 Å². The van der Waals surface area contributed by atoms with Crippen LogP contribution in [0.3, 0.4) is 0 Å². The molecule has 2 amide bonds. The summed E-state index contributed by atoms with van der Waals surface area (Å²) in [7, 11) is 0. The Balaban J connectivity index is 3.40. The van der Waals surface area contributed by atoms with Crippen LogP contribution in [0.2, 0.25) is 0 Å². The monoisotopic (exact) mass is 224 g/mol. The maximum atomic E-state index is 10.7. The largest absolute Gasteiger partial charge is 0.272 e. The van der Waals surface area contributed by atoms with Crippen LogP contribution < -0.4 is 0 Å². The Morgan fingerprint density at radius 2 is 1.12 bits per heavy atom. The molecule has 0 heterocycles. The normalized spacial score (nSPS) is 8.75. The maximum Gasteiger partial charge on any atom is 0.256 e. The van der Waals surface area contributed by atoms with Crippen LogP contribution in [0.5, 0.6) is 0 Å². The molecular formula is C10H12N2O4. The summed E-state index contributed by atoms with van der Waals surface area (Å²) in [5.74, 6) is -0.951. The third-order valence-electron chi connectivity index (χ3n) is 1.87. The Labute approximate surface area is 92.5 Å². The Bertz CT molecular complexity index is 305. The Morgan fingerprint density at radius 3 is 1.44 bits per heavy atom. The number of hydrogen-bond acceptors (Lipinski definition) is 4. The number of rotatable bonds is 7. The molecule has 0 spiro atoms. The second kappa shape index (κ2) is 9.65. The zero-order valence-electron chi connectivity index (χ0n) is 8.77. The van der Waals surface area contributed by atoms with E-state index < -0.39 is 11.8 Å². The first-order valence-corrected chi connectivity index (χ1v) is 4.92. The van der Waals surface area contributed by atoms with Gasteiger partial charge in [0.1, 0.15) is 0 Å². The van der Waals surface area contributed by atoms with Gasteiger partial charge in [0.15, 0.2) is 0 Å². The molecule has 0 rings (SSSR count). The van der Waals surface area contributed by atoms with Gasteiger partial charge in [0.05, 0.1) is 0 Å². The highest BCUT2D eigenvalue weighted by atomic mass is 16.2. The summed E-state index contributed by atoms with van der Waals surface area (Å²) in [6.45, 7) is 0. The molecule has 86 valence electrons. The van der Waals surface area contributed by atoms with Gasteiger partial charge in [0, 0.05) is 12.8 Å². The first kappa shape index (κ1) is 14.1. The lowest BCUT2D eigenvalue weighted by Gasteiger charge is -1.96. The number of carbonyl (C=O) groups excluding carboxylic acids is 4. The number of unbranched alkanes of at least 4 members (excludes halogenated alkanes) is 3. The lowest BCUT2D eigenvalue weighted by Crippen LogP contribution is -1.94. The number of amides is 2. The summed E-state index contributed by atoms with van der Waals surface area (Å²) in [5.41, 5.74) is 0. The quantitative estimate of drug-likeness (QED) is 0.367. The smallest absolute Gasteiger partial charge is 0.256 e. The van der Waals surface area contributed by atoms with E-state index in [-0.39, 0.29) is 12.8 Å². The molecule has 0 saturated carbocycles. The van der Waals surface area contributed by atoms with E-state index in [4.69, 9.17) is 0 Å². The van der Waals surface area contributed by atoms with Crippen LogP contribution in [0.1, 0.15) is 38.5 Å². The highest BCUT2D eigenvalue weighted by Crippen LogP contribution is 2.06. The summed E-state index contributed by atoms with van der Waals surface area (Å²) in [6, 6.07) is 0. The van der Waals surface area contributed by atoms with Gasteiger partial charge in [-0.05, 0) is 12.8 Å². The highest BCUT2D eigenvalue weighted by molar-refractivity contribution is 5.81. The van der Waals surface area contributed by atoms with Gasteiger partial charge in [-0.15, -0.1) is 9.98 Å². The molecule has 0 atom stereocenters. The Hall–Kier alpha value is -1.90. The summed E-state index contributed by atoms with van der Waals surface area (Å²) in [4.78, 5) is 46.7. The first-order chi connectivity index (χ1) is 7.70. The number of nitrogens with zero attached hydrogens (tertiary/aromatic N) is 2. The van der Waals surface area contributed by atoms with Crippen molar-refractivity contribution in [3.05, 3.63) is 0 Å². The van der Waals surface area contributed by atoms with Crippen molar-refractivity contribution in [1.82, 2.24) is 0 Å². The molecule has 6 nitrogen and oxygen atoms in total. The molecule has 0 aromatic carbocycles. The lowest BCUT2D eigenvalue weighted by atomic mass is 10.1. The van der Waals surface area contributed by atoms with Crippen LogP contribution >= 0.6 is 0 Å². The summed E-state index contributed by atoms with van der Waals surface area (Å²) in [5, 5.41) is 0. The minimum Gasteiger partial charge on any atom is -0.272 e. The van der Waals surface area contributed by atoms with Crippen LogP contribution in [-0.4, -0.2) is 24.0 Å². The average molecular weight is 224 g/mol. The summed E-state index contributed by atoms with van der Waals surface area (Å²) < 4.78 is 0. The van der Waals surface area contributed by atoms with Crippen LogP contribution in [0, 0.1) is 0 Å². The van der Waals surface area contributed by atoms with Gasteiger partial charge < -0.3 is 0 Å². The van der Waals surface area contributed by atoms with E-state index in [1.54, 1.807) is 0 Å². The van der Waals surface area contributed by atoms with Gasteiger partial charge in [0.2, 0.25) is 12.2 Å². The van der Waals surface area contributed by atoms with Crippen molar-refractivity contribution in [2.75, 3.05) is 0 Å². The van der Waals surface area contributed by atoms with Crippen molar-refractivity contribution in [3.8, 4) is 0 Å². The first-order valence-electron chi connectivity index (χ1n) is 4.92. The second-order valence-corrected chi connectivity index (χ2v) is 3.11. The van der Waals surface area contributed by atoms with Crippen LogP contribution in [-0.2, 0) is 19.2 Å². The van der Waals surface area contributed by atoms with E-state index in [1.165, 1.54) is 12.2 Å². The topological polar surface area (TPSA) is 93.0 Å². The van der Waals surface area contributed by atoms with Crippen molar-refractivity contribution in [2.45, 2.75) is 38.5 Å². The van der Waals surface area contributed by atoms with Gasteiger partial charge >= 0.3 is 0 Å². The molecule has 0 N–H and O–H groups in total. The van der Waals surface area contributed by atoms with Crippen molar-refractivity contribution in [1.29, 1.82) is 0 Å². The van der Waals surface area contributed by atoms with E-state index in [1.807, 2.05) is 0 Å². The molecule has 0 bridgehead atoms. The van der Waals surface area contributed by atoms with Crippen molar-refractivity contribution in [3.63, 3.8) is 0 Å². The minimum absolute atomic E-state index is 0.218. The van der Waals surface area contributed by atoms with Gasteiger partial charge in [-0.3, -0.25) is 9.59 Å². The standard InChI is InChI=1S/C10H12N2O4/c13-7-11-9(15)5-3-1-2-4-6-10(16)12-8-14/h1-6H2. The zero-order chi connectivity index (χ0) is 12.2. The molecule has 16 heavy (non-hydrogen) atoms. The zero-order valence-corrected chi connectivity index (χ0v) is 8.77. The molecule has 0 fully saturated rings. The van der Waals surface area contributed by atoms with Crippen LogP contribution in [0.4, 0.5) is 0 Å². The van der Waals surface area contributed by atoms with Gasteiger partial charge in [0.25, 0.3) is 11.8 Å². The second-order valence-electron chi connectivity index (χ2n) is 3.11. The molecule has 0 radical (unpaired) electrons. The SMILES string of the molecule is O=C=NC(=O)CCCCCCC(=O)N=C=O. The van der Waals surface area contributed by atoms with E-state index in [0.29, 0.717) is 12.8 Å². The molecule has 0 aliphatic rings. The minimum atomic E-state index is -0.475.